The molecule has 0 saturated heterocycles. The number of halogens is 1. The quantitative estimate of drug-likeness (QED) is 0.668. The van der Waals surface area contributed by atoms with Crippen molar-refractivity contribution in [1.82, 2.24) is 4.90 Å². The van der Waals surface area contributed by atoms with Gasteiger partial charge in [0.15, 0.2) is 0 Å². The molecule has 0 fully saturated rings. The average Bonchev–Trinajstić information content (AvgIpc) is 3.08. The number of nitrogens with zero attached hydrogens (tertiary/aromatic N) is 1. The molecule has 6 heteroatoms. The van der Waals surface area contributed by atoms with Crippen LogP contribution in [-0.2, 0) is 13.1 Å². The van der Waals surface area contributed by atoms with Gasteiger partial charge in [-0.1, -0.05) is 12.1 Å². The van der Waals surface area contributed by atoms with Crippen LogP contribution in [0.4, 0.5) is 14.9 Å². The van der Waals surface area contributed by atoms with E-state index in [9.17, 15) is 9.18 Å². The fourth-order valence-corrected chi connectivity index (χ4v) is 2.64. The van der Waals surface area contributed by atoms with E-state index in [0.717, 1.165) is 11.3 Å². The molecular weight excluding hydrogens is 347 g/mol. The predicted octanol–water partition coefficient (Wildman–Crippen LogP) is 4.97. The summed E-state index contributed by atoms with van der Waals surface area (Å²) in [6.07, 6.45) is 0. The third-order valence-corrected chi connectivity index (χ3v) is 4.06. The van der Waals surface area contributed by atoms with Gasteiger partial charge in [0.05, 0.1) is 13.7 Å². The third kappa shape index (κ3) is 5.10. The topological polar surface area (TPSA) is 54.7 Å². The lowest BCUT2D eigenvalue weighted by Crippen LogP contribution is -2.34. The van der Waals surface area contributed by atoms with Crippen LogP contribution in [0, 0.1) is 12.7 Å². The molecule has 1 N–H and O–H groups in total. The van der Waals surface area contributed by atoms with E-state index in [1.165, 1.54) is 12.1 Å². The standard InChI is InChI=1S/C21H21FN2O3/c1-15-3-10-20(27-15)14-24(13-16-4-6-17(22)7-5-16)21(25)23-18-8-11-19(26-2)12-9-18/h3-12H,13-14H2,1-2H3,(H,23,25). The summed E-state index contributed by atoms with van der Waals surface area (Å²) in [6.45, 7) is 2.47. The monoisotopic (exact) mass is 368 g/mol. The summed E-state index contributed by atoms with van der Waals surface area (Å²) in [4.78, 5) is 14.4. The van der Waals surface area contributed by atoms with E-state index in [0.29, 0.717) is 30.3 Å². The minimum atomic E-state index is -0.311. The largest absolute Gasteiger partial charge is 0.497 e. The Morgan fingerprint density at radius 3 is 2.33 bits per heavy atom. The smallest absolute Gasteiger partial charge is 0.322 e. The van der Waals surface area contributed by atoms with E-state index in [2.05, 4.69) is 5.32 Å². The maximum Gasteiger partial charge on any atom is 0.322 e. The van der Waals surface area contributed by atoms with Crippen molar-refractivity contribution in [3.63, 3.8) is 0 Å². The second-order valence-corrected chi connectivity index (χ2v) is 6.15. The van der Waals surface area contributed by atoms with Gasteiger partial charge in [-0.2, -0.15) is 0 Å². The number of urea groups is 1. The van der Waals surface area contributed by atoms with Crippen LogP contribution in [-0.4, -0.2) is 18.0 Å². The second-order valence-electron chi connectivity index (χ2n) is 6.15. The molecule has 27 heavy (non-hydrogen) atoms. The van der Waals surface area contributed by atoms with Crippen LogP contribution >= 0.6 is 0 Å². The summed E-state index contributed by atoms with van der Waals surface area (Å²) in [6, 6.07) is 16.6. The Bertz CT molecular complexity index is 889. The molecule has 2 amide bonds. The molecule has 0 bridgehead atoms. The molecule has 5 nitrogen and oxygen atoms in total. The zero-order valence-electron chi connectivity index (χ0n) is 15.2. The van der Waals surface area contributed by atoms with Crippen LogP contribution < -0.4 is 10.1 Å². The van der Waals surface area contributed by atoms with Crippen molar-refractivity contribution in [3.8, 4) is 5.75 Å². The number of amides is 2. The molecule has 2 aromatic carbocycles. The average molecular weight is 368 g/mol. The zero-order chi connectivity index (χ0) is 19.2. The minimum absolute atomic E-state index is 0.279. The maximum absolute atomic E-state index is 13.2. The lowest BCUT2D eigenvalue weighted by atomic mass is 10.2. The van der Waals surface area contributed by atoms with Gasteiger partial charge < -0.3 is 19.4 Å². The van der Waals surface area contributed by atoms with Crippen LogP contribution in [0.2, 0.25) is 0 Å². The lowest BCUT2D eigenvalue weighted by Gasteiger charge is -2.22. The van der Waals surface area contributed by atoms with E-state index in [1.54, 1.807) is 48.4 Å². The Labute approximate surface area is 157 Å². The highest BCUT2D eigenvalue weighted by molar-refractivity contribution is 5.89. The minimum Gasteiger partial charge on any atom is -0.497 e. The number of benzene rings is 2. The van der Waals surface area contributed by atoms with Crippen molar-refractivity contribution in [2.24, 2.45) is 0 Å². The van der Waals surface area contributed by atoms with Gasteiger partial charge in [-0.05, 0) is 61.0 Å². The van der Waals surface area contributed by atoms with Crippen molar-refractivity contribution in [1.29, 1.82) is 0 Å². The summed E-state index contributed by atoms with van der Waals surface area (Å²) in [5, 5.41) is 2.87. The Balaban J connectivity index is 1.76. The summed E-state index contributed by atoms with van der Waals surface area (Å²) in [5.41, 5.74) is 1.48. The zero-order valence-corrected chi connectivity index (χ0v) is 15.2. The number of rotatable bonds is 6. The van der Waals surface area contributed by atoms with Gasteiger partial charge in [-0.25, -0.2) is 9.18 Å². The Hall–Kier alpha value is -3.28. The van der Waals surface area contributed by atoms with Gasteiger partial charge in [-0.15, -0.1) is 0 Å². The van der Waals surface area contributed by atoms with Crippen molar-refractivity contribution >= 4 is 11.7 Å². The number of methoxy groups -OCH3 is 1. The fourth-order valence-electron chi connectivity index (χ4n) is 2.64. The number of hydrogen-bond donors (Lipinski definition) is 1. The Morgan fingerprint density at radius 2 is 1.74 bits per heavy atom. The molecule has 1 heterocycles. The van der Waals surface area contributed by atoms with Gasteiger partial charge >= 0.3 is 6.03 Å². The summed E-state index contributed by atoms with van der Waals surface area (Å²) in [7, 11) is 1.59. The van der Waals surface area contributed by atoms with Gasteiger partial charge in [-0.3, -0.25) is 0 Å². The molecule has 0 spiro atoms. The van der Waals surface area contributed by atoms with Gasteiger partial charge in [0.1, 0.15) is 23.1 Å². The van der Waals surface area contributed by atoms with E-state index >= 15 is 0 Å². The predicted molar refractivity (Wildman–Crippen MR) is 101 cm³/mol. The molecular formula is C21H21FN2O3. The lowest BCUT2D eigenvalue weighted by molar-refractivity contribution is 0.201. The number of anilines is 1. The first-order chi connectivity index (χ1) is 13.0. The number of furan rings is 1. The Morgan fingerprint density at radius 1 is 1.04 bits per heavy atom. The van der Waals surface area contributed by atoms with Crippen LogP contribution in [0.1, 0.15) is 17.1 Å². The number of carbonyl (C=O) groups excluding carboxylic acids is 1. The molecule has 1 aromatic heterocycles. The van der Waals surface area contributed by atoms with Crippen molar-refractivity contribution in [2.75, 3.05) is 12.4 Å². The first-order valence-corrected chi connectivity index (χ1v) is 8.53. The van der Waals surface area contributed by atoms with Crippen LogP contribution in [0.15, 0.2) is 65.1 Å². The van der Waals surface area contributed by atoms with Crippen molar-refractivity contribution < 1.29 is 18.3 Å². The van der Waals surface area contributed by atoms with Crippen LogP contribution in [0.3, 0.4) is 0 Å². The van der Waals surface area contributed by atoms with E-state index in [4.69, 9.17) is 9.15 Å². The van der Waals surface area contributed by atoms with Gasteiger partial charge in [0, 0.05) is 12.2 Å². The SMILES string of the molecule is COc1ccc(NC(=O)N(Cc2ccc(F)cc2)Cc2ccc(C)o2)cc1. The molecule has 140 valence electrons. The molecule has 0 aliphatic carbocycles. The summed E-state index contributed by atoms with van der Waals surface area (Å²) in [5.74, 6) is 1.86. The summed E-state index contributed by atoms with van der Waals surface area (Å²) < 4.78 is 23.9. The number of hydrogen-bond acceptors (Lipinski definition) is 3. The fraction of sp³-hybridized carbons (Fsp3) is 0.190. The molecule has 0 radical (unpaired) electrons. The normalized spacial score (nSPS) is 10.5. The Kier molecular flexibility index (Phi) is 5.76. The number of ether oxygens (including phenoxy) is 1. The number of carbonyl (C=O) groups is 1. The number of nitrogens with one attached hydrogen (secondary N) is 1. The van der Waals surface area contributed by atoms with Crippen LogP contribution in [0.5, 0.6) is 5.75 Å². The van der Waals surface area contributed by atoms with Crippen LogP contribution in [0.25, 0.3) is 0 Å². The second kappa shape index (κ2) is 8.40. The molecule has 3 rings (SSSR count). The van der Waals surface area contributed by atoms with E-state index in [-0.39, 0.29) is 11.8 Å². The molecule has 0 unspecified atom stereocenters. The molecule has 3 aromatic rings. The molecule has 0 aliphatic rings. The van der Waals surface area contributed by atoms with E-state index in [1.807, 2.05) is 19.1 Å². The molecule has 0 saturated carbocycles. The first kappa shape index (κ1) is 18.5. The molecule has 0 aliphatic heterocycles. The van der Waals surface area contributed by atoms with Crippen molar-refractivity contribution in [2.45, 2.75) is 20.0 Å². The highest BCUT2D eigenvalue weighted by Crippen LogP contribution is 2.18. The van der Waals surface area contributed by atoms with E-state index < -0.39 is 0 Å². The van der Waals surface area contributed by atoms with Crippen molar-refractivity contribution in [3.05, 3.63) is 83.6 Å². The number of aryl methyl sites for hydroxylation is 1. The third-order valence-electron chi connectivity index (χ3n) is 4.06. The van der Waals surface area contributed by atoms with Gasteiger partial charge in [0.25, 0.3) is 0 Å². The highest BCUT2D eigenvalue weighted by atomic mass is 19.1. The highest BCUT2D eigenvalue weighted by Gasteiger charge is 2.17. The maximum atomic E-state index is 13.2. The molecule has 0 atom stereocenters. The van der Waals surface area contributed by atoms with Gasteiger partial charge in [0.2, 0.25) is 0 Å². The first-order valence-electron chi connectivity index (χ1n) is 8.53. The summed E-state index contributed by atoms with van der Waals surface area (Å²) >= 11 is 0.